The van der Waals surface area contributed by atoms with E-state index in [1.165, 1.54) is 12.5 Å². The number of hydrogen-bond donors (Lipinski definition) is 1. The third kappa shape index (κ3) is 5.88. The van der Waals surface area contributed by atoms with Crippen molar-refractivity contribution in [3.8, 4) is 0 Å². The molecule has 1 aromatic rings. The number of rotatable bonds is 8. The molecule has 0 atom stereocenters. The highest BCUT2D eigenvalue weighted by Crippen LogP contribution is 2.20. The second kappa shape index (κ2) is 9.23. The van der Waals surface area contributed by atoms with Crippen LogP contribution in [0.5, 0.6) is 0 Å². The summed E-state index contributed by atoms with van der Waals surface area (Å²) in [6, 6.07) is 7.98. The molecule has 0 radical (unpaired) electrons. The lowest BCUT2D eigenvalue weighted by Crippen LogP contribution is -2.34. The zero-order chi connectivity index (χ0) is 16.5. The Bertz CT molecular complexity index is 480. The monoisotopic (exact) mass is 304 g/mol. The van der Waals surface area contributed by atoms with Gasteiger partial charge in [-0.3, -0.25) is 9.59 Å². The number of carbonyl (C=O) groups is 2. The molecule has 0 aliphatic carbocycles. The summed E-state index contributed by atoms with van der Waals surface area (Å²) in [5.41, 5.74) is 2.09. The number of carbonyl (C=O) groups excluding carboxylic acids is 2. The molecule has 1 rings (SSSR count). The van der Waals surface area contributed by atoms with Gasteiger partial charge in [-0.05, 0) is 30.0 Å². The smallest absolute Gasteiger partial charge is 0.223 e. The van der Waals surface area contributed by atoms with Crippen molar-refractivity contribution >= 4 is 17.5 Å². The maximum Gasteiger partial charge on any atom is 0.223 e. The zero-order valence-electron chi connectivity index (χ0n) is 14.2. The number of nitrogens with one attached hydrogen (secondary N) is 1. The quantitative estimate of drug-likeness (QED) is 0.748. The Kier molecular flexibility index (Phi) is 7.64. The first kappa shape index (κ1) is 18.2. The molecule has 22 heavy (non-hydrogen) atoms. The summed E-state index contributed by atoms with van der Waals surface area (Å²) in [6.45, 7) is 9.01. The molecule has 0 saturated heterocycles. The van der Waals surface area contributed by atoms with E-state index < -0.39 is 0 Å². The number of hydrogen-bond acceptors (Lipinski definition) is 2. The summed E-state index contributed by atoms with van der Waals surface area (Å²) in [5.74, 6) is 0.418. The topological polar surface area (TPSA) is 49.4 Å². The Hall–Kier alpha value is -1.84. The Labute approximate surface area is 133 Å². The minimum absolute atomic E-state index is 0.00139. The molecule has 0 aliphatic heterocycles. The largest absolute Gasteiger partial charge is 0.356 e. The predicted molar refractivity (Wildman–Crippen MR) is 91.1 cm³/mol. The first-order valence-electron chi connectivity index (χ1n) is 8.10. The van der Waals surface area contributed by atoms with Crippen LogP contribution in [0, 0.1) is 0 Å². The maximum absolute atomic E-state index is 11.8. The minimum atomic E-state index is -0.0429. The Morgan fingerprint density at radius 2 is 1.82 bits per heavy atom. The molecule has 0 unspecified atom stereocenters. The van der Waals surface area contributed by atoms with Crippen molar-refractivity contribution < 1.29 is 9.59 Å². The zero-order valence-corrected chi connectivity index (χ0v) is 14.2. The molecule has 0 heterocycles. The molecule has 0 aromatic heterocycles. The fraction of sp³-hybridized carbons (Fsp3) is 0.556. The third-order valence-electron chi connectivity index (χ3n) is 3.67. The highest BCUT2D eigenvalue weighted by molar-refractivity contribution is 5.92. The molecule has 0 aliphatic rings. The molecule has 2 amide bonds. The number of benzene rings is 1. The van der Waals surface area contributed by atoms with Crippen LogP contribution in [0.3, 0.4) is 0 Å². The van der Waals surface area contributed by atoms with E-state index in [9.17, 15) is 9.59 Å². The molecular formula is C18H28N2O2. The lowest BCUT2D eigenvalue weighted by atomic mass is 10.0. The average molecular weight is 304 g/mol. The van der Waals surface area contributed by atoms with Gasteiger partial charge in [0.2, 0.25) is 11.8 Å². The molecule has 1 aromatic carbocycles. The molecule has 0 saturated carbocycles. The van der Waals surface area contributed by atoms with E-state index in [2.05, 4.69) is 26.1 Å². The lowest BCUT2D eigenvalue weighted by Gasteiger charge is -2.21. The van der Waals surface area contributed by atoms with Crippen molar-refractivity contribution in [3.63, 3.8) is 0 Å². The highest BCUT2D eigenvalue weighted by Gasteiger charge is 2.13. The van der Waals surface area contributed by atoms with E-state index in [0.29, 0.717) is 25.4 Å². The summed E-state index contributed by atoms with van der Waals surface area (Å²) < 4.78 is 0. The standard InChI is InChI=1S/C18H28N2O2/c1-5-6-12-19-18(22)11-13-20(15(4)21)17-9-7-16(8-10-17)14(2)3/h7-10,14H,5-6,11-13H2,1-4H3,(H,19,22). The molecule has 4 nitrogen and oxygen atoms in total. The van der Waals surface area contributed by atoms with Crippen LogP contribution in [0.4, 0.5) is 5.69 Å². The molecule has 4 heteroatoms. The fourth-order valence-corrected chi connectivity index (χ4v) is 2.21. The van der Waals surface area contributed by atoms with Crippen LogP contribution in [0.1, 0.15) is 58.4 Å². The van der Waals surface area contributed by atoms with E-state index in [1.807, 2.05) is 24.3 Å². The van der Waals surface area contributed by atoms with Crippen LogP contribution in [0.15, 0.2) is 24.3 Å². The number of anilines is 1. The van der Waals surface area contributed by atoms with Gasteiger partial charge in [-0.2, -0.15) is 0 Å². The van der Waals surface area contributed by atoms with Crippen LogP contribution < -0.4 is 10.2 Å². The van der Waals surface area contributed by atoms with Crippen LogP contribution in [-0.2, 0) is 9.59 Å². The van der Waals surface area contributed by atoms with E-state index in [1.54, 1.807) is 4.90 Å². The van der Waals surface area contributed by atoms with Gasteiger partial charge in [-0.15, -0.1) is 0 Å². The van der Waals surface area contributed by atoms with Crippen molar-refractivity contribution in [3.05, 3.63) is 29.8 Å². The highest BCUT2D eigenvalue weighted by atomic mass is 16.2. The van der Waals surface area contributed by atoms with Gasteiger partial charge in [0.25, 0.3) is 0 Å². The van der Waals surface area contributed by atoms with Gasteiger partial charge < -0.3 is 10.2 Å². The van der Waals surface area contributed by atoms with Crippen molar-refractivity contribution in [2.45, 2.75) is 52.9 Å². The molecule has 0 spiro atoms. The normalized spacial score (nSPS) is 10.6. The first-order chi connectivity index (χ1) is 10.5. The summed E-state index contributed by atoms with van der Waals surface area (Å²) in [5, 5.41) is 2.88. The Morgan fingerprint density at radius 3 is 2.32 bits per heavy atom. The van der Waals surface area contributed by atoms with Gasteiger partial charge in [0.05, 0.1) is 0 Å². The van der Waals surface area contributed by atoms with Gasteiger partial charge in [-0.25, -0.2) is 0 Å². The minimum Gasteiger partial charge on any atom is -0.356 e. The fourth-order valence-electron chi connectivity index (χ4n) is 2.21. The van der Waals surface area contributed by atoms with Crippen LogP contribution >= 0.6 is 0 Å². The summed E-state index contributed by atoms with van der Waals surface area (Å²) in [6.07, 6.45) is 2.37. The van der Waals surface area contributed by atoms with E-state index in [-0.39, 0.29) is 11.8 Å². The van der Waals surface area contributed by atoms with Crippen LogP contribution in [-0.4, -0.2) is 24.9 Å². The molecule has 0 fully saturated rings. The summed E-state index contributed by atoms with van der Waals surface area (Å²) >= 11 is 0. The Morgan fingerprint density at radius 1 is 1.18 bits per heavy atom. The molecule has 1 N–H and O–H groups in total. The third-order valence-corrected chi connectivity index (χ3v) is 3.67. The van der Waals surface area contributed by atoms with Crippen molar-refractivity contribution in [1.29, 1.82) is 0 Å². The van der Waals surface area contributed by atoms with Gasteiger partial charge in [-0.1, -0.05) is 39.3 Å². The number of nitrogens with zero attached hydrogens (tertiary/aromatic N) is 1. The first-order valence-corrected chi connectivity index (χ1v) is 8.10. The van der Waals surface area contributed by atoms with Gasteiger partial charge in [0, 0.05) is 32.1 Å². The second-order valence-corrected chi connectivity index (χ2v) is 5.87. The van der Waals surface area contributed by atoms with E-state index in [0.717, 1.165) is 18.5 Å². The molecule has 122 valence electrons. The SMILES string of the molecule is CCCCNC(=O)CCN(C(C)=O)c1ccc(C(C)C)cc1. The average Bonchev–Trinajstić information content (AvgIpc) is 2.48. The molecular weight excluding hydrogens is 276 g/mol. The van der Waals surface area contributed by atoms with Gasteiger partial charge in [0.1, 0.15) is 0 Å². The number of amides is 2. The second-order valence-electron chi connectivity index (χ2n) is 5.87. The van der Waals surface area contributed by atoms with Gasteiger partial charge >= 0.3 is 0 Å². The predicted octanol–water partition coefficient (Wildman–Crippen LogP) is 3.47. The Balaban J connectivity index is 2.62. The van der Waals surface area contributed by atoms with E-state index >= 15 is 0 Å². The lowest BCUT2D eigenvalue weighted by molar-refractivity contribution is -0.121. The van der Waals surface area contributed by atoms with Crippen molar-refractivity contribution in [1.82, 2.24) is 5.32 Å². The van der Waals surface area contributed by atoms with Crippen LogP contribution in [0.2, 0.25) is 0 Å². The van der Waals surface area contributed by atoms with Crippen LogP contribution in [0.25, 0.3) is 0 Å². The van der Waals surface area contributed by atoms with Crippen molar-refractivity contribution in [2.24, 2.45) is 0 Å². The summed E-state index contributed by atoms with van der Waals surface area (Å²) in [4.78, 5) is 25.3. The number of unbranched alkanes of at least 4 members (excludes halogenated alkanes) is 1. The van der Waals surface area contributed by atoms with E-state index in [4.69, 9.17) is 0 Å². The van der Waals surface area contributed by atoms with Crippen molar-refractivity contribution in [2.75, 3.05) is 18.0 Å². The van der Waals surface area contributed by atoms with Gasteiger partial charge in [0.15, 0.2) is 0 Å². The summed E-state index contributed by atoms with van der Waals surface area (Å²) in [7, 11) is 0. The maximum atomic E-state index is 11.8. The molecule has 0 bridgehead atoms.